The average molecular weight is 373 g/mol. The first kappa shape index (κ1) is 20.7. The van der Waals surface area contributed by atoms with Crippen LogP contribution in [0.3, 0.4) is 0 Å². The summed E-state index contributed by atoms with van der Waals surface area (Å²) in [6.45, 7) is 5.10. The van der Waals surface area contributed by atoms with Crippen molar-refractivity contribution in [1.29, 1.82) is 0 Å². The monoisotopic (exact) mass is 372 g/mol. The summed E-state index contributed by atoms with van der Waals surface area (Å²) in [5.74, 6) is 1.03. The number of aromatic nitrogens is 2. The third-order valence-corrected chi connectivity index (χ3v) is 4.62. The molecule has 24 heavy (non-hydrogen) atoms. The van der Waals surface area contributed by atoms with E-state index in [1.54, 1.807) is 0 Å². The Balaban J connectivity index is 0.00000144. The molecule has 3 rings (SSSR count). The summed E-state index contributed by atoms with van der Waals surface area (Å²) in [5.41, 5.74) is 8.03. The van der Waals surface area contributed by atoms with Crippen LogP contribution >= 0.6 is 24.8 Å². The van der Waals surface area contributed by atoms with Crippen LogP contribution in [0.4, 0.5) is 0 Å². The molecular weight excluding hydrogens is 347 g/mol. The molecule has 1 aromatic heterocycles. The van der Waals surface area contributed by atoms with Crippen LogP contribution in [0.25, 0.3) is 11.0 Å². The van der Waals surface area contributed by atoms with E-state index in [0.717, 1.165) is 42.7 Å². The number of likely N-dealkylation sites (tertiary alicyclic amines) is 1. The number of piperidine rings is 1. The minimum Gasteiger partial charge on any atom is -0.337 e. The van der Waals surface area contributed by atoms with Crippen molar-refractivity contribution in [2.45, 2.75) is 51.7 Å². The molecular formula is C17H26Cl2N4O. The van der Waals surface area contributed by atoms with E-state index in [-0.39, 0.29) is 42.8 Å². The number of para-hydroxylation sites is 2. The van der Waals surface area contributed by atoms with Crippen LogP contribution in [0.5, 0.6) is 0 Å². The second-order valence-electron chi connectivity index (χ2n) is 6.24. The smallest absolute Gasteiger partial charge is 0.242 e. The number of aryl methyl sites for hydroxylation is 1. The number of halogens is 2. The fourth-order valence-corrected chi connectivity index (χ4v) is 3.44. The number of hydrogen-bond acceptors (Lipinski definition) is 3. The normalized spacial score (nSPS) is 18.6. The molecule has 1 fully saturated rings. The summed E-state index contributed by atoms with van der Waals surface area (Å²) in [6, 6.07) is 8.13. The first-order chi connectivity index (χ1) is 10.6. The van der Waals surface area contributed by atoms with Gasteiger partial charge in [0.15, 0.2) is 0 Å². The highest BCUT2D eigenvalue weighted by molar-refractivity contribution is 5.85. The summed E-state index contributed by atoms with van der Waals surface area (Å²) < 4.78 is 2.00. The van der Waals surface area contributed by atoms with Crippen molar-refractivity contribution in [3.63, 3.8) is 0 Å². The second-order valence-corrected chi connectivity index (χ2v) is 6.24. The number of imidazole rings is 1. The van der Waals surface area contributed by atoms with Gasteiger partial charge in [0.2, 0.25) is 5.91 Å². The largest absolute Gasteiger partial charge is 0.337 e. The van der Waals surface area contributed by atoms with Crippen molar-refractivity contribution in [1.82, 2.24) is 14.5 Å². The average Bonchev–Trinajstić information content (AvgIpc) is 2.83. The van der Waals surface area contributed by atoms with Gasteiger partial charge in [-0.15, -0.1) is 24.8 Å². The molecule has 7 heteroatoms. The topological polar surface area (TPSA) is 64.2 Å². The quantitative estimate of drug-likeness (QED) is 0.900. The summed E-state index contributed by atoms with van der Waals surface area (Å²) >= 11 is 0. The standard InChI is InChI=1S/C17H24N4O.2ClH/c1-12(18)15-8-5-6-10-20(15)17(22)11-21-13(2)19-14-7-3-4-9-16(14)21;;/h3-4,7,9,12,15H,5-6,8,10-11,18H2,1-2H3;2*1H. The number of nitrogens with two attached hydrogens (primary N) is 1. The fourth-order valence-electron chi connectivity index (χ4n) is 3.44. The van der Waals surface area contributed by atoms with E-state index in [0.29, 0.717) is 6.54 Å². The molecule has 1 aliphatic heterocycles. The Labute approximate surface area is 155 Å². The molecule has 2 heterocycles. The first-order valence-electron chi connectivity index (χ1n) is 8.05. The zero-order valence-corrected chi connectivity index (χ0v) is 15.8. The predicted molar refractivity (Wildman–Crippen MR) is 102 cm³/mol. The van der Waals surface area contributed by atoms with Crippen molar-refractivity contribution in [2.24, 2.45) is 5.73 Å². The van der Waals surface area contributed by atoms with E-state index in [9.17, 15) is 4.79 Å². The lowest BCUT2D eigenvalue weighted by Crippen LogP contribution is -2.52. The first-order valence-corrected chi connectivity index (χ1v) is 8.05. The third kappa shape index (κ3) is 4.02. The minimum absolute atomic E-state index is 0. The predicted octanol–water partition coefficient (Wildman–Crippen LogP) is 2.92. The highest BCUT2D eigenvalue weighted by atomic mass is 35.5. The van der Waals surface area contributed by atoms with Crippen molar-refractivity contribution in [2.75, 3.05) is 6.54 Å². The molecule has 2 N–H and O–H groups in total. The zero-order chi connectivity index (χ0) is 15.7. The minimum atomic E-state index is 0. The van der Waals surface area contributed by atoms with Gasteiger partial charge < -0.3 is 15.2 Å². The lowest BCUT2D eigenvalue weighted by atomic mass is 9.97. The number of hydrogen-bond donors (Lipinski definition) is 1. The maximum atomic E-state index is 12.8. The van der Waals surface area contributed by atoms with Gasteiger partial charge in [0, 0.05) is 18.6 Å². The van der Waals surface area contributed by atoms with Gasteiger partial charge in [-0.1, -0.05) is 12.1 Å². The Morgan fingerprint density at radius 3 is 2.75 bits per heavy atom. The van der Waals surface area contributed by atoms with Crippen molar-refractivity contribution in [3.05, 3.63) is 30.1 Å². The van der Waals surface area contributed by atoms with Crippen LogP contribution < -0.4 is 5.73 Å². The summed E-state index contributed by atoms with van der Waals surface area (Å²) in [4.78, 5) is 19.3. The molecule has 1 aromatic carbocycles. The number of carbonyl (C=O) groups is 1. The van der Waals surface area contributed by atoms with Crippen LogP contribution in [-0.2, 0) is 11.3 Å². The SMILES string of the molecule is Cc1nc2ccccc2n1CC(=O)N1CCCCC1C(C)N.Cl.Cl. The van der Waals surface area contributed by atoms with Gasteiger partial charge >= 0.3 is 0 Å². The number of carbonyl (C=O) groups excluding carboxylic acids is 1. The molecule has 0 bridgehead atoms. The van der Waals surface area contributed by atoms with E-state index >= 15 is 0 Å². The number of nitrogens with zero attached hydrogens (tertiary/aromatic N) is 3. The Bertz CT molecular complexity index is 686. The molecule has 2 atom stereocenters. The van der Waals surface area contributed by atoms with E-state index < -0.39 is 0 Å². The summed E-state index contributed by atoms with van der Waals surface area (Å²) in [7, 11) is 0. The molecule has 1 amide bonds. The van der Waals surface area contributed by atoms with Gasteiger partial charge in [-0.3, -0.25) is 4.79 Å². The molecule has 134 valence electrons. The molecule has 1 aliphatic rings. The van der Waals surface area contributed by atoms with Crippen molar-refractivity contribution >= 4 is 41.8 Å². The molecule has 2 unspecified atom stereocenters. The lowest BCUT2D eigenvalue weighted by molar-refractivity contribution is -0.135. The molecule has 1 saturated heterocycles. The summed E-state index contributed by atoms with van der Waals surface area (Å²) in [6.07, 6.45) is 3.23. The Hall–Kier alpha value is -1.30. The molecule has 2 aromatic rings. The van der Waals surface area contributed by atoms with Crippen LogP contribution in [0, 0.1) is 6.92 Å². The molecule has 0 spiro atoms. The van der Waals surface area contributed by atoms with Crippen LogP contribution in [0.1, 0.15) is 32.0 Å². The van der Waals surface area contributed by atoms with Crippen LogP contribution in [0.15, 0.2) is 24.3 Å². The van der Waals surface area contributed by atoms with E-state index in [2.05, 4.69) is 4.98 Å². The highest BCUT2D eigenvalue weighted by Crippen LogP contribution is 2.21. The molecule has 0 aliphatic carbocycles. The third-order valence-electron chi connectivity index (χ3n) is 4.62. The van der Waals surface area contributed by atoms with Gasteiger partial charge in [0.25, 0.3) is 0 Å². The Morgan fingerprint density at radius 1 is 1.33 bits per heavy atom. The molecule has 0 saturated carbocycles. The number of fused-ring (bicyclic) bond motifs is 1. The van der Waals surface area contributed by atoms with Crippen molar-refractivity contribution in [3.8, 4) is 0 Å². The van der Waals surface area contributed by atoms with Crippen LogP contribution in [-0.4, -0.2) is 39.0 Å². The number of amides is 1. The molecule has 0 radical (unpaired) electrons. The van der Waals surface area contributed by atoms with Crippen molar-refractivity contribution < 1.29 is 4.79 Å². The van der Waals surface area contributed by atoms with E-state index in [4.69, 9.17) is 5.73 Å². The van der Waals surface area contributed by atoms with Gasteiger partial charge in [-0.2, -0.15) is 0 Å². The highest BCUT2D eigenvalue weighted by Gasteiger charge is 2.29. The fraction of sp³-hybridized carbons (Fsp3) is 0.529. The Kier molecular flexibility index (Phi) is 7.52. The maximum Gasteiger partial charge on any atom is 0.242 e. The van der Waals surface area contributed by atoms with Gasteiger partial charge in [-0.25, -0.2) is 4.98 Å². The maximum absolute atomic E-state index is 12.8. The van der Waals surface area contributed by atoms with E-state index in [1.165, 1.54) is 0 Å². The lowest BCUT2D eigenvalue weighted by Gasteiger charge is -2.38. The zero-order valence-electron chi connectivity index (χ0n) is 14.1. The van der Waals surface area contributed by atoms with Gasteiger partial charge in [-0.05, 0) is 45.2 Å². The number of benzene rings is 1. The van der Waals surface area contributed by atoms with E-state index in [1.807, 2.05) is 47.6 Å². The number of rotatable bonds is 3. The Morgan fingerprint density at radius 2 is 2.04 bits per heavy atom. The van der Waals surface area contributed by atoms with Gasteiger partial charge in [0.1, 0.15) is 12.4 Å². The van der Waals surface area contributed by atoms with Crippen LogP contribution in [0.2, 0.25) is 0 Å². The second kappa shape index (κ2) is 8.70. The molecule has 5 nitrogen and oxygen atoms in total. The summed E-state index contributed by atoms with van der Waals surface area (Å²) in [5, 5.41) is 0. The van der Waals surface area contributed by atoms with Gasteiger partial charge in [0.05, 0.1) is 11.0 Å².